The molecule has 2 bridgehead atoms. The van der Waals surface area contributed by atoms with Crippen LogP contribution in [0.4, 0.5) is 10.3 Å². The van der Waals surface area contributed by atoms with Gasteiger partial charge in [0.15, 0.2) is 0 Å². The van der Waals surface area contributed by atoms with E-state index in [0.717, 1.165) is 17.2 Å². The standard InChI is InChI=1S/C23H27FN6O/c1-13-9-23(3)20(24)18(10-22(13,2)29-23)30(4)21-26-12-17(27-28-21)16-7-14-5-6-25-11-15(14)8-19(16)31/h5-8,11-13,18,20,29,31H,9-10H2,1-4H3/t13?,18-,20+,22+,23+/m0/s1. The van der Waals surface area contributed by atoms with E-state index in [-0.39, 0.29) is 17.3 Å². The van der Waals surface area contributed by atoms with Gasteiger partial charge in [-0.05, 0) is 56.2 Å². The first kappa shape index (κ1) is 20.1. The molecule has 2 fully saturated rings. The van der Waals surface area contributed by atoms with E-state index in [1.807, 2.05) is 31.0 Å². The first-order valence-electron chi connectivity index (χ1n) is 10.6. The lowest BCUT2D eigenvalue weighted by Crippen LogP contribution is -2.66. The van der Waals surface area contributed by atoms with Crippen LogP contribution in [-0.4, -0.2) is 55.6 Å². The number of phenols is 1. The third-order valence-corrected chi connectivity index (χ3v) is 7.36. The van der Waals surface area contributed by atoms with Crippen LogP contribution < -0.4 is 10.2 Å². The summed E-state index contributed by atoms with van der Waals surface area (Å²) in [5, 5.41) is 24.3. The first-order chi connectivity index (χ1) is 14.7. The Bertz CT molecular complexity index is 1140. The minimum absolute atomic E-state index is 0.0892. The minimum atomic E-state index is -1.04. The van der Waals surface area contributed by atoms with Gasteiger partial charge in [-0.25, -0.2) is 9.37 Å². The van der Waals surface area contributed by atoms with E-state index in [0.29, 0.717) is 29.5 Å². The molecular weight excluding hydrogens is 395 g/mol. The monoisotopic (exact) mass is 422 g/mol. The molecular formula is C23H27FN6O. The maximum Gasteiger partial charge on any atom is 0.245 e. The van der Waals surface area contributed by atoms with Crippen LogP contribution in [0.2, 0.25) is 0 Å². The summed E-state index contributed by atoms with van der Waals surface area (Å²) < 4.78 is 15.5. The van der Waals surface area contributed by atoms with Gasteiger partial charge in [-0.15, -0.1) is 10.2 Å². The van der Waals surface area contributed by atoms with Crippen LogP contribution in [0, 0.1) is 5.92 Å². The average Bonchev–Trinajstić information content (AvgIpc) is 2.96. The lowest BCUT2D eigenvalue weighted by molar-refractivity contribution is 0.0829. The zero-order valence-electron chi connectivity index (χ0n) is 18.2. The van der Waals surface area contributed by atoms with Crippen LogP contribution in [0.15, 0.2) is 36.8 Å². The molecule has 0 amide bonds. The molecule has 8 heteroatoms. The fraction of sp³-hybridized carbons (Fsp3) is 0.478. The van der Waals surface area contributed by atoms with Gasteiger partial charge in [0.2, 0.25) is 5.95 Å². The number of nitrogens with one attached hydrogen (secondary N) is 1. The van der Waals surface area contributed by atoms with Gasteiger partial charge >= 0.3 is 0 Å². The minimum Gasteiger partial charge on any atom is -0.507 e. The second-order valence-electron chi connectivity index (χ2n) is 9.58. The summed E-state index contributed by atoms with van der Waals surface area (Å²) in [6.45, 7) is 6.34. The van der Waals surface area contributed by atoms with Crippen LogP contribution in [0.3, 0.4) is 0 Å². The molecule has 0 radical (unpaired) electrons. The quantitative estimate of drug-likeness (QED) is 0.668. The predicted octanol–water partition coefficient (Wildman–Crippen LogP) is 3.49. The summed E-state index contributed by atoms with van der Waals surface area (Å²) in [5.74, 6) is 0.856. The van der Waals surface area contributed by atoms with Crippen molar-refractivity contribution in [2.24, 2.45) is 5.92 Å². The Balaban J connectivity index is 1.43. The van der Waals surface area contributed by atoms with Crippen LogP contribution >= 0.6 is 0 Å². The number of pyridine rings is 1. The van der Waals surface area contributed by atoms with Crippen molar-refractivity contribution in [2.75, 3.05) is 11.9 Å². The molecule has 3 aromatic rings. The molecule has 2 aliphatic heterocycles. The molecule has 5 atom stereocenters. The zero-order chi connectivity index (χ0) is 22.0. The molecule has 1 unspecified atom stereocenters. The van der Waals surface area contributed by atoms with Gasteiger partial charge in [0, 0.05) is 41.5 Å². The Morgan fingerprint density at radius 2 is 1.94 bits per heavy atom. The van der Waals surface area contributed by atoms with E-state index in [9.17, 15) is 5.11 Å². The molecule has 2 aromatic heterocycles. The fourth-order valence-electron chi connectivity index (χ4n) is 5.45. The van der Waals surface area contributed by atoms with Crippen LogP contribution in [0.1, 0.15) is 33.6 Å². The SMILES string of the molecule is CC1C[C@@]2(C)N[C@]1(C)C[C@H](N(C)c1ncc(-c3cc4ccncc4cc3O)nn1)[C@H]2F. The number of piperidine rings is 1. The third kappa shape index (κ3) is 3.12. The normalized spacial score (nSPS) is 32.4. The topological polar surface area (TPSA) is 87.1 Å². The highest BCUT2D eigenvalue weighted by Crippen LogP contribution is 2.48. The summed E-state index contributed by atoms with van der Waals surface area (Å²) in [7, 11) is 1.83. The van der Waals surface area contributed by atoms with E-state index in [2.05, 4.69) is 39.3 Å². The van der Waals surface area contributed by atoms with Crippen molar-refractivity contribution < 1.29 is 9.50 Å². The molecule has 0 aliphatic carbocycles. The highest BCUT2D eigenvalue weighted by Gasteiger charge is 2.59. The van der Waals surface area contributed by atoms with Gasteiger partial charge in [-0.1, -0.05) is 6.92 Å². The lowest BCUT2D eigenvalue weighted by Gasteiger charge is -2.47. The van der Waals surface area contributed by atoms with E-state index in [1.54, 1.807) is 24.7 Å². The largest absolute Gasteiger partial charge is 0.507 e. The molecule has 5 rings (SSSR count). The Labute approximate surface area is 180 Å². The molecule has 2 saturated heterocycles. The van der Waals surface area contributed by atoms with E-state index >= 15 is 4.39 Å². The number of anilines is 1. The molecule has 1 aromatic carbocycles. The number of aromatic nitrogens is 4. The Morgan fingerprint density at radius 1 is 1.13 bits per heavy atom. The fourth-order valence-corrected chi connectivity index (χ4v) is 5.45. The van der Waals surface area contributed by atoms with Gasteiger partial charge < -0.3 is 15.3 Å². The van der Waals surface area contributed by atoms with Crippen LogP contribution in [0.25, 0.3) is 22.0 Å². The maximum absolute atomic E-state index is 15.5. The van der Waals surface area contributed by atoms with E-state index < -0.39 is 11.7 Å². The van der Waals surface area contributed by atoms with E-state index in [4.69, 9.17) is 0 Å². The van der Waals surface area contributed by atoms with Crippen molar-refractivity contribution >= 4 is 16.7 Å². The number of aromatic hydroxyl groups is 1. The Hall–Kier alpha value is -2.87. The number of phenolic OH excluding ortho intramolecular Hbond substituents is 1. The molecule has 7 nitrogen and oxygen atoms in total. The van der Waals surface area contributed by atoms with Crippen molar-refractivity contribution in [1.82, 2.24) is 25.5 Å². The third-order valence-electron chi connectivity index (χ3n) is 7.36. The lowest BCUT2D eigenvalue weighted by atomic mass is 9.81. The number of hydrogen-bond donors (Lipinski definition) is 2. The summed E-state index contributed by atoms with van der Waals surface area (Å²) in [5.41, 5.74) is 0.341. The van der Waals surface area contributed by atoms with Crippen molar-refractivity contribution in [3.05, 3.63) is 36.8 Å². The number of hydrogen-bond acceptors (Lipinski definition) is 7. The summed E-state index contributed by atoms with van der Waals surface area (Å²) >= 11 is 0. The average molecular weight is 423 g/mol. The molecule has 2 aliphatic rings. The number of benzene rings is 1. The van der Waals surface area contributed by atoms with Crippen molar-refractivity contribution in [2.45, 2.75) is 56.9 Å². The highest BCUT2D eigenvalue weighted by atomic mass is 19.1. The van der Waals surface area contributed by atoms with Gasteiger partial charge in [-0.3, -0.25) is 4.98 Å². The van der Waals surface area contributed by atoms with Crippen LogP contribution in [0.5, 0.6) is 5.75 Å². The van der Waals surface area contributed by atoms with Crippen molar-refractivity contribution in [1.29, 1.82) is 0 Å². The number of rotatable bonds is 3. The number of nitrogens with zero attached hydrogens (tertiary/aromatic N) is 5. The number of halogens is 1. The summed E-state index contributed by atoms with van der Waals surface area (Å²) in [6.07, 6.45) is 5.41. The van der Waals surface area contributed by atoms with Gasteiger partial charge in [-0.2, -0.15) is 0 Å². The summed E-state index contributed by atoms with van der Waals surface area (Å²) in [6, 6.07) is 5.03. The second kappa shape index (κ2) is 6.82. The zero-order valence-corrected chi connectivity index (χ0v) is 18.2. The van der Waals surface area contributed by atoms with Gasteiger partial charge in [0.1, 0.15) is 17.6 Å². The number of fused-ring (bicyclic) bond motifs is 3. The van der Waals surface area contributed by atoms with Crippen LogP contribution in [-0.2, 0) is 0 Å². The van der Waals surface area contributed by atoms with E-state index in [1.165, 1.54) is 0 Å². The maximum atomic E-state index is 15.5. The van der Waals surface area contributed by atoms with Gasteiger partial charge in [0.05, 0.1) is 12.2 Å². The van der Waals surface area contributed by atoms with Gasteiger partial charge in [0.25, 0.3) is 0 Å². The molecule has 0 saturated carbocycles. The highest BCUT2D eigenvalue weighted by molar-refractivity contribution is 5.89. The van der Waals surface area contributed by atoms with Crippen molar-refractivity contribution in [3.63, 3.8) is 0 Å². The first-order valence-corrected chi connectivity index (χ1v) is 10.6. The molecule has 2 N–H and O–H groups in total. The summed E-state index contributed by atoms with van der Waals surface area (Å²) in [4.78, 5) is 10.3. The van der Waals surface area contributed by atoms with Crippen molar-refractivity contribution in [3.8, 4) is 17.0 Å². The molecule has 0 spiro atoms. The molecule has 4 heterocycles. The Kier molecular flexibility index (Phi) is 4.41. The molecule has 162 valence electrons. The smallest absolute Gasteiger partial charge is 0.245 e. The second-order valence-corrected chi connectivity index (χ2v) is 9.58. The Morgan fingerprint density at radius 3 is 2.68 bits per heavy atom. The predicted molar refractivity (Wildman–Crippen MR) is 118 cm³/mol. The number of alkyl halides is 1. The molecule has 31 heavy (non-hydrogen) atoms.